The van der Waals surface area contributed by atoms with Crippen LogP contribution in [0.4, 0.5) is 5.69 Å². The first-order valence-electron chi connectivity index (χ1n) is 9.84. The Morgan fingerprint density at radius 3 is 2.53 bits per heavy atom. The number of anilines is 1. The lowest BCUT2D eigenvalue weighted by molar-refractivity contribution is 0.324. The molecule has 0 saturated heterocycles. The molecule has 2 heterocycles. The number of hydrogen-bond acceptors (Lipinski definition) is 9. The molecule has 10 heteroatoms. The molecule has 0 unspecified atom stereocenters. The van der Waals surface area contributed by atoms with Gasteiger partial charge >= 0.3 is 5.63 Å². The molecule has 8 nitrogen and oxygen atoms in total. The molecular formula is C24H18BrN3O5S. The Labute approximate surface area is 207 Å². The highest BCUT2D eigenvalue weighted by Crippen LogP contribution is 2.40. The Bertz CT molecular complexity index is 1480. The summed E-state index contributed by atoms with van der Waals surface area (Å²) in [6.45, 7) is 0. The van der Waals surface area contributed by atoms with Crippen LogP contribution in [-0.4, -0.2) is 26.3 Å². The molecule has 34 heavy (non-hydrogen) atoms. The maximum atomic E-state index is 12.5. The van der Waals surface area contributed by atoms with E-state index in [1.54, 1.807) is 35.7 Å². The number of nitriles is 1. The number of nitrogens with zero attached hydrogens (tertiary/aromatic N) is 2. The number of halogens is 1. The van der Waals surface area contributed by atoms with Gasteiger partial charge in [-0.05, 0) is 24.3 Å². The van der Waals surface area contributed by atoms with Gasteiger partial charge in [0.25, 0.3) is 0 Å². The van der Waals surface area contributed by atoms with E-state index in [0.717, 1.165) is 9.86 Å². The van der Waals surface area contributed by atoms with E-state index in [2.05, 4.69) is 32.3 Å². The molecule has 2 aromatic carbocycles. The summed E-state index contributed by atoms with van der Waals surface area (Å²) < 4.78 is 22.3. The first-order valence-corrected chi connectivity index (χ1v) is 11.5. The summed E-state index contributed by atoms with van der Waals surface area (Å²) in [4.78, 5) is 17.0. The number of aromatic nitrogens is 1. The van der Waals surface area contributed by atoms with Gasteiger partial charge in [-0.1, -0.05) is 15.9 Å². The van der Waals surface area contributed by atoms with Gasteiger partial charge in [0, 0.05) is 39.3 Å². The van der Waals surface area contributed by atoms with Crippen LogP contribution in [0.1, 0.15) is 5.01 Å². The van der Waals surface area contributed by atoms with Crippen molar-refractivity contribution in [1.29, 1.82) is 5.26 Å². The van der Waals surface area contributed by atoms with Crippen LogP contribution in [-0.2, 0) is 0 Å². The lowest BCUT2D eigenvalue weighted by Crippen LogP contribution is -2.03. The molecule has 0 aliphatic heterocycles. The Hall–Kier alpha value is -3.81. The van der Waals surface area contributed by atoms with Crippen LogP contribution in [0.3, 0.4) is 0 Å². The fourth-order valence-corrected chi connectivity index (χ4v) is 4.42. The molecule has 0 aliphatic carbocycles. The predicted octanol–water partition coefficient (Wildman–Crippen LogP) is 5.68. The van der Waals surface area contributed by atoms with E-state index in [1.807, 2.05) is 6.07 Å². The molecule has 4 aromatic rings. The molecule has 0 saturated carbocycles. The van der Waals surface area contributed by atoms with Crippen LogP contribution in [0.15, 0.2) is 61.7 Å². The number of benzene rings is 2. The van der Waals surface area contributed by atoms with E-state index in [9.17, 15) is 10.1 Å². The smallest absolute Gasteiger partial charge is 0.345 e. The first-order chi connectivity index (χ1) is 16.5. The van der Waals surface area contributed by atoms with Gasteiger partial charge < -0.3 is 23.9 Å². The fourth-order valence-electron chi connectivity index (χ4n) is 3.26. The molecule has 0 radical (unpaired) electrons. The Balaban J connectivity index is 1.65. The number of fused-ring (bicyclic) bond motifs is 1. The molecule has 0 atom stereocenters. The van der Waals surface area contributed by atoms with Crippen LogP contribution in [0.5, 0.6) is 17.2 Å². The first kappa shape index (κ1) is 23.4. The molecule has 0 amide bonds. The highest BCUT2D eigenvalue weighted by Gasteiger charge is 2.15. The molecule has 1 N–H and O–H groups in total. The maximum absolute atomic E-state index is 12.5. The minimum atomic E-state index is -0.496. The van der Waals surface area contributed by atoms with Crippen LogP contribution in [0.2, 0.25) is 0 Å². The maximum Gasteiger partial charge on any atom is 0.345 e. The number of hydrogen-bond donors (Lipinski definition) is 1. The third kappa shape index (κ3) is 4.62. The standard InChI is InChI=1S/C24H18BrN3O5S/c1-30-20-8-16(9-21(31-2)22(20)32-3)27-11-14(10-26)23-28-18(12-34-23)17-7-13-6-15(25)4-5-19(13)33-24(17)29/h4-9,11-12,27H,1-3H3/b14-11+. The number of rotatable bonds is 7. The van der Waals surface area contributed by atoms with Crippen molar-refractivity contribution in [2.24, 2.45) is 0 Å². The van der Waals surface area contributed by atoms with Gasteiger partial charge in [0.1, 0.15) is 22.2 Å². The molecular weight excluding hydrogens is 522 g/mol. The zero-order valence-electron chi connectivity index (χ0n) is 18.3. The second-order valence-electron chi connectivity index (χ2n) is 6.90. The third-order valence-corrected chi connectivity index (χ3v) is 6.24. The minimum absolute atomic E-state index is 0.290. The number of thiazole rings is 1. The summed E-state index contributed by atoms with van der Waals surface area (Å²) in [7, 11) is 4.57. The van der Waals surface area contributed by atoms with Crippen molar-refractivity contribution in [2.45, 2.75) is 0 Å². The van der Waals surface area contributed by atoms with Crippen molar-refractivity contribution in [2.75, 3.05) is 26.6 Å². The van der Waals surface area contributed by atoms with Crippen LogP contribution < -0.4 is 25.2 Å². The summed E-state index contributed by atoms with van der Waals surface area (Å²) in [5.74, 6) is 1.41. The van der Waals surface area contributed by atoms with Crippen LogP contribution in [0, 0.1) is 11.3 Å². The van der Waals surface area contributed by atoms with E-state index in [-0.39, 0.29) is 5.57 Å². The van der Waals surface area contributed by atoms with Crippen molar-refractivity contribution in [3.8, 4) is 34.6 Å². The molecule has 0 bridgehead atoms. The lowest BCUT2D eigenvalue weighted by atomic mass is 10.1. The summed E-state index contributed by atoms with van der Waals surface area (Å²) in [6.07, 6.45) is 1.53. The van der Waals surface area contributed by atoms with Gasteiger partial charge in [-0.25, -0.2) is 9.78 Å². The Morgan fingerprint density at radius 2 is 1.88 bits per heavy atom. The third-order valence-electron chi connectivity index (χ3n) is 4.87. The summed E-state index contributed by atoms with van der Waals surface area (Å²) in [5.41, 5.74) is 1.66. The Morgan fingerprint density at radius 1 is 1.15 bits per heavy atom. The monoisotopic (exact) mass is 539 g/mol. The van der Waals surface area contributed by atoms with Crippen molar-refractivity contribution < 1.29 is 18.6 Å². The molecule has 0 spiro atoms. The quantitative estimate of drug-likeness (QED) is 0.236. The summed E-state index contributed by atoms with van der Waals surface area (Å²) >= 11 is 4.67. The van der Waals surface area contributed by atoms with Gasteiger partial charge in [-0.15, -0.1) is 11.3 Å². The van der Waals surface area contributed by atoms with E-state index in [0.29, 0.717) is 44.8 Å². The topological polar surface area (TPSA) is 107 Å². The zero-order chi connectivity index (χ0) is 24.2. The highest BCUT2D eigenvalue weighted by atomic mass is 79.9. The molecule has 0 aliphatic rings. The van der Waals surface area contributed by atoms with Gasteiger partial charge in [0.05, 0.1) is 32.6 Å². The van der Waals surface area contributed by atoms with Crippen molar-refractivity contribution in [1.82, 2.24) is 4.98 Å². The van der Waals surface area contributed by atoms with Crippen molar-refractivity contribution in [3.63, 3.8) is 0 Å². The van der Waals surface area contributed by atoms with E-state index >= 15 is 0 Å². The predicted molar refractivity (Wildman–Crippen MR) is 135 cm³/mol. The van der Waals surface area contributed by atoms with Gasteiger partial charge in [0.15, 0.2) is 11.5 Å². The average Bonchev–Trinajstić information content (AvgIpc) is 3.33. The van der Waals surface area contributed by atoms with E-state index in [4.69, 9.17) is 18.6 Å². The molecule has 2 aromatic heterocycles. The summed E-state index contributed by atoms with van der Waals surface area (Å²) in [5, 5.41) is 15.7. The lowest BCUT2D eigenvalue weighted by Gasteiger charge is -2.14. The number of allylic oxidation sites excluding steroid dienone is 1. The average molecular weight is 540 g/mol. The van der Waals surface area contributed by atoms with E-state index < -0.39 is 5.63 Å². The van der Waals surface area contributed by atoms with Gasteiger partial charge in [-0.2, -0.15) is 5.26 Å². The second kappa shape index (κ2) is 9.99. The fraction of sp³-hybridized carbons (Fsp3) is 0.125. The molecule has 4 rings (SSSR count). The van der Waals surface area contributed by atoms with Crippen LogP contribution >= 0.6 is 27.3 Å². The zero-order valence-corrected chi connectivity index (χ0v) is 20.7. The molecule has 172 valence electrons. The summed E-state index contributed by atoms with van der Waals surface area (Å²) in [6, 6.07) is 12.7. The van der Waals surface area contributed by atoms with Gasteiger partial charge in [-0.3, -0.25) is 0 Å². The second-order valence-corrected chi connectivity index (χ2v) is 8.67. The molecule has 0 fully saturated rings. The highest BCUT2D eigenvalue weighted by molar-refractivity contribution is 9.10. The normalized spacial score (nSPS) is 11.2. The van der Waals surface area contributed by atoms with Crippen molar-refractivity contribution in [3.05, 3.63) is 67.9 Å². The minimum Gasteiger partial charge on any atom is -0.493 e. The van der Waals surface area contributed by atoms with Crippen LogP contribution in [0.25, 0.3) is 27.8 Å². The van der Waals surface area contributed by atoms with Gasteiger partial charge in [0.2, 0.25) is 5.75 Å². The Kier molecular flexibility index (Phi) is 6.86. The number of methoxy groups -OCH3 is 3. The largest absolute Gasteiger partial charge is 0.493 e. The van der Waals surface area contributed by atoms with Crippen molar-refractivity contribution >= 4 is 49.5 Å². The van der Waals surface area contributed by atoms with E-state index in [1.165, 1.54) is 38.9 Å². The number of nitrogens with one attached hydrogen (secondary N) is 1. The number of ether oxygens (including phenoxy) is 3. The SMILES string of the molecule is COc1cc(N/C=C(\C#N)c2nc(-c3cc4cc(Br)ccc4oc3=O)cs2)cc(OC)c1OC.